The molecule has 0 radical (unpaired) electrons. The van der Waals surface area contributed by atoms with Gasteiger partial charge in [0.25, 0.3) is 5.69 Å². The molecule has 5 heteroatoms. The van der Waals surface area contributed by atoms with E-state index in [1.54, 1.807) is 12.1 Å². The first-order chi connectivity index (χ1) is 7.63. The van der Waals surface area contributed by atoms with E-state index < -0.39 is 11.0 Å². The fourth-order valence-corrected chi connectivity index (χ4v) is 1.41. The van der Waals surface area contributed by atoms with E-state index in [0.717, 1.165) is 12.1 Å². The molecule has 0 amide bonds. The van der Waals surface area contributed by atoms with Gasteiger partial charge in [-0.3, -0.25) is 10.1 Å². The molecule has 0 aliphatic rings. The van der Waals surface area contributed by atoms with Crippen molar-refractivity contribution >= 4 is 5.69 Å². The van der Waals surface area contributed by atoms with E-state index >= 15 is 0 Å². The summed E-state index contributed by atoms with van der Waals surface area (Å²) in [7, 11) is 0. The lowest BCUT2D eigenvalue weighted by atomic mass is 10.1. The number of aliphatic hydroxyl groups excluding tert-OH is 1. The first-order valence-electron chi connectivity index (χ1n) is 5.25. The Balaban J connectivity index is 2.51. The minimum absolute atomic E-state index is 0.0740. The molecule has 0 saturated carbocycles. The molecular formula is C11H16N2O3. The zero-order valence-electron chi connectivity index (χ0n) is 9.22. The molecule has 2 N–H and O–H groups in total. The number of likely N-dealkylation sites (N-methyl/N-ethyl adjacent to an activating group) is 1. The van der Waals surface area contributed by atoms with Crippen molar-refractivity contribution in [3.63, 3.8) is 0 Å². The molecule has 0 fully saturated rings. The van der Waals surface area contributed by atoms with Crippen LogP contribution in [0.5, 0.6) is 0 Å². The van der Waals surface area contributed by atoms with Crippen LogP contribution in [0.4, 0.5) is 5.69 Å². The van der Waals surface area contributed by atoms with Crippen LogP contribution in [0.15, 0.2) is 24.3 Å². The molecule has 1 rings (SSSR count). The molecule has 16 heavy (non-hydrogen) atoms. The second-order valence-corrected chi connectivity index (χ2v) is 3.59. The predicted molar refractivity (Wildman–Crippen MR) is 61.4 cm³/mol. The van der Waals surface area contributed by atoms with Crippen LogP contribution in [-0.2, 0) is 6.42 Å². The number of nitro groups is 1. The fraction of sp³-hybridized carbons (Fsp3) is 0.455. The van der Waals surface area contributed by atoms with E-state index in [1.165, 1.54) is 12.1 Å². The Kier molecular flexibility index (Phi) is 4.88. The van der Waals surface area contributed by atoms with Gasteiger partial charge in [-0.2, -0.15) is 0 Å². The number of hydrogen-bond donors (Lipinski definition) is 2. The molecule has 0 saturated heterocycles. The normalized spacial score (nSPS) is 12.4. The average Bonchev–Trinajstić information content (AvgIpc) is 2.27. The van der Waals surface area contributed by atoms with E-state index in [4.69, 9.17) is 0 Å². The number of rotatable bonds is 6. The molecule has 1 atom stereocenters. The van der Waals surface area contributed by atoms with Gasteiger partial charge in [-0.1, -0.05) is 19.1 Å². The number of nitro benzene ring substituents is 1. The van der Waals surface area contributed by atoms with Crippen molar-refractivity contribution in [2.75, 3.05) is 13.1 Å². The second kappa shape index (κ2) is 6.19. The number of benzene rings is 1. The highest BCUT2D eigenvalue weighted by Crippen LogP contribution is 2.12. The Bertz CT molecular complexity index is 338. The highest BCUT2D eigenvalue weighted by molar-refractivity contribution is 5.33. The lowest BCUT2D eigenvalue weighted by Crippen LogP contribution is -2.28. The summed E-state index contributed by atoms with van der Waals surface area (Å²) >= 11 is 0. The Labute approximate surface area is 94.3 Å². The van der Waals surface area contributed by atoms with Crippen molar-refractivity contribution in [3.05, 3.63) is 39.9 Å². The van der Waals surface area contributed by atoms with E-state index in [1.807, 2.05) is 6.92 Å². The Hall–Kier alpha value is -1.46. The largest absolute Gasteiger partial charge is 0.391 e. The molecule has 5 nitrogen and oxygen atoms in total. The Morgan fingerprint density at radius 1 is 1.44 bits per heavy atom. The van der Waals surface area contributed by atoms with Crippen LogP contribution in [0.2, 0.25) is 0 Å². The number of nitrogens with one attached hydrogen (secondary N) is 1. The number of hydrogen-bond acceptors (Lipinski definition) is 4. The minimum atomic E-state index is -0.457. The minimum Gasteiger partial charge on any atom is -0.391 e. The number of aliphatic hydroxyl groups is 1. The summed E-state index contributed by atoms with van der Waals surface area (Å²) in [5.41, 5.74) is 0.973. The van der Waals surface area contributed by atoms with Gasteiger partial charge in [0.05, 0.1) is 11.0 Å². The van der Waals surface area contributed by atoms with Gasteiger partial charge < -0.3 is 10.4 Å². The molecule has 0 aliphatic carbocycles. The molecular weight excluding hydrogens is 208 g/mol. The van der Waals surface area contributed by atoms with Crippen molar-refractivity contribution in [2.24, 2.45) is 0 Å². The molecule has 1 unspecified atom stereocenters. The third-order valence-corrected chi connectivity index (χ3v) is 2.25. The molecule has 0 aliphatic heterocycles. The topological polar surface area (TPSA) is 75.4 Å². The summed E-state index contributed by atoms with van der Waals surface area (Å²) in [4.78, 5) is 9.99. The van der Waals surface area contributed by atoms with E-state index in [0.29, 0.717) is 13.0 Å². The average molecular weight is 224 g/mol. The lowest BCUT2D eigenvalue weighted by molar-refractivity contribution is -0.384. The maximum Gasteiger partial charge on any atom is 0.269 e. The summed E-state index contributed by atoms with van der Waals surface area (Å²) in [5, 5.41) is 23.1. The fourth-order valence-electron chi connectivity index (χ4n) is 1.41. The molecule has 0 heterocycles. The predicted octanol–water partition coefficient (Wildman–Crippen LogP) is 1.11. The molecule has 0 spiro atoms. The first-order valence-corrected chi connectivity index (χ1v) is 5.25. The first kappa shape index (κ1) is 12.6. The van der Waals surface area contributed by atoms with Crippen molar-refractivity contribution in [3.8, 4) is 0 Å². The van der Waals surface area contributed by atoms with Gasteiger partial charge in [-0.15, -0.1) is 0 Å². The van der Waals surface area contributed by atoms with Crippen LogP contribution in [0.3, 0.4) is 0 Å². The number of non-ortho nitro benzene ring substituents is 1. The van der Waals surface area contributed by atoms with Gasteiger partial charge in [-0.05, 0) is 18.5 Å². The highest BCUT2D eigenvalue weighted by Gasteiger charge is 2.07. The summed E-state index contributed by atoms with van der Waals surface area (Å²) in [6.07, 6.45) is 0.0479. The molecule has 1 aromatic rings. The van der Waals surface area contributed by atoms with Crippen LogP contribution in [0, 0.1) is 10.1 Å². The van der Waals surface area contributed by atoms with E-state index in [-0.39, 0.29) is 5.69 Å². The zero-order chi connectivity index (χ0) is 12.0. The van der Waals surface area contributed by atoms with E-state index in [9.17, 15) is 15.2 Å². The van der Waals surface area contributed by atoms with Crippen LogP contribution in [0.1, 0.15) is 12.5 Å². The van der Waals surface area contributed by atoms with Crippen LogP contribution >= 0.6 is 0 Å². The molecule has 88 valence electrons. The maximum absolute atomic E-state index is 10.4. The van der Waals surface area contributed by atoms with Crippen molar-refractivity contribution < 1.29 is 10.0 Å². The molecule has 0 bridgehead atoms. The van der Waals surface area contributed by atoms with E-state index in [2.05, 4.69) is 5.32 Å². The molecule has 1 aromatic carbocycles. The van der Waals surface area contributed by atoms with Crippen LogP contribution in [0.25, 0.3) is 0 Å². The SMILES string of the molecule is CCNCC(O)Cc1ccc([N+](=O)[O-])cc1. The quantitative estimate of drug-likeness (QED) is 0.560. The smallest absolute Gasteiger partial charge is 0.269 e. The Morgan fingerprint density at radius 3 is 2.56 bits per heavy atom. The lowest BCUT2D eigenvalue weighted by Gasteiger charge is -2.10. The monoisotopic (exact) mass is 224 g/mol. The summed E-state index contributed by atoms with van der Waals surface area (Å²) < 4.78 is 0. The highest BCUT2D eigenvalue weighted by atomic mass is 16.6. The third kappa shape index (κ3) is 3.96. The van der Waals surface area contributed by atoms with Gasteiger partial charge in [0.2, 0.25) is 0 Å². The summed E-state index contributed by atoms with van der Waals surface area (Å²) in [6.45, 7) is 3.32. The number of nitrogens with zero attached hydrogens (tertiary/aromatic N) is 1. The van der Waals surface area contributed by atoms with Crippen molar-refractivity contribution in [1.29, 1.82) is 0 Å². The van der Waals surface area contributed by atoms with Crippen molar-refractivity contribution in [1.82, 2.24) is 5.32 Å². The second-order valence-electron chi connectivity index (χ2n) is 3.59. The zero-order valence-corrected chi connectivity index (χ0v) is 9.22. The van der Waals surface area contributed by atoms with Gasteiger partial charge >= 0.3 is 0 Å². The van der Waals surface area contributed by atoms with Crippen LogP contribution < -0.4 is 5.32 Å². The third-order valence-electron chi connectivity index (χ3n) is 2.25. The summed E-state index contributed by atoms with van der Waals surface area (Å²) in [6, 6.07) is 6.26. The maximum atomic E-state index is 10.4. The van der Waals surface area contributed by atoms with Gasteiger partial charge in [0, 0.05) is 18.7 Å². The van der Waals surface area contributed by atoms with Crippen LogP contribution in [-0.4, -0.2) is 29.2 Å². The van der Waals surface area contributed by atoms with Crippen molar-refractivity contribution in [2.45, 2.75) is 19.4 Å². The summed E-state index contributed by atoms with van der Waals surface area (Å²) in [5.74, 6) is 0. The Morgan fingerprint density at radius 2 is 2.06 bits per heavy atom. The van der Waals surface area contributed by atoms with Gasteiger partial charge in [0.1, 0.15) is 0 Å². The standard InChI is InChI=1S/C11H16N2O3/c1-2-12-8-11(14)7-9-3-5-10(6-4-9)13(15)16/h3-6,11-12,14H,2,7-8H2,1H3. The molecule has 0 aromatic heterocycles. The van der Waals surface area contributed by atoms with Gasteiger partial charge in [0.15, 0.2) is 0 Å². The van der Waals surface area contributed by atoms with Gasteiger partial charge in [-0.25, -0.2) is 0 Å².